The summed E-state index contributed by atoms with van der Waals surface area (Å²) in [5.41, 5.74) is -1.79. The molecule has 3 N–H and O–H groups in total. The van der Waals surface area contributed by atoms with Crippen LogP contribution in [-0.4, -0.2) is 31.6 Å². The van der Waals surface area contributed by atoms with Crippen LogP contribution < -0.4 is 5.56 Å². The Hall–Kier alpha value is -1.92. The minimum absolute atomic E-state index is 0.806. The SMILES string of the molecule is O=C(O)c1c(O)nn[nH]c1=O. The average molecular weight is 157 g/mol. The van der Waals surface area contributed by atoms with Gasteiger partial charge in [0.25, 0.3) is 11.4 Å². The van der Waals surface area contributed by atoms with Gasteiger partial charge >= 0.3 is 5.97 Å². The van der Waals surface area contributed by atoms with Crippen molar-refractivity contribution >= 4 is 5.97 Å². The Morgan fingerprint density at radius 2 is 2.18 bits per heavy atom. The van der Waals surface area contributed by atoms with E-state index in [-0.39, 0.29) is 0 Å². The number of nitrogens with one attached hydrogen (secondary N) is 1. The average Bonchev–Trinajstić information content (AvgIpc) is 1.85. The number of nitrogens with zero attached hydrogens (tertiary/aromatic N) is 2. The molecule has 0 bridgehead atoms. The zero-order valence-corrected chi connectivity index (χ0v) is 5.11. The summed E-state index contributed by atoms with van der Waals surface area (Å²) in [4.78, 5) is 20.8. The van der Waals surface area contributed by atoms with Crippen LogP contribution >= 0.6 is 0 Å². The second-order valence-corrected chi connectivity index (χ2v) is 1.64. The zero-order valence-electron chi connectivity index (χ0n) is 5.11. The first-order valence-electron chi connectivity index (χ1n) is 2.50. The van der Waals surface area contributed by atoms with Crippen molar-refractivity contribution in [3.8, 4) is 5.88 Å². The van der Waals surface area contributed by atoms with Crippen LogP contribution in [0.25, 0.3) is 0 Å². The van der Waals surface area contributed by atoms with Gasteiger partial charge < -0.3 is 10.2 Å². The number of aromatic carboxylic acids is 1. The molecule has 0 saturated carbocycles. The topological polar surface area (TPSA) is 116 Å². The third kappa shape index (κ3) is 1.16. The van der Waals surface area contributed by atoms with Crippen molar-refractivity contribution in [2.45, 2.75) is 0 Å². The maximum atomic E-state index is 10.6. The Kier molecular flexibility index (Phi) is 1.55. The van der Waals surface area contributed by atoms with Gasteiger partial charge in [-0.25, -0.2) is 9.89 Å². The van der Waals surface area contributed by atoms with Gasteiger partial charge in [0.1, 0.15) is 0 Å². The predicted molar refractivity (Wildman–Crippen MR) is 31.3 cm³/mol. The fourth-order valence-corrected chi connectivity index (χ4v) is 0.518. The normalized spacial score (nSPS) is 9.45. The summed E-state index contributed by atoms with van der Waals surface area (Å²) in [6, 6.07) is 0. The lowest BCUT2D eigenvalue weighted by atomic mass is 10.3. The molecule has 58 valence electrons. The van der Waals surface area contributed by atoms with Gasteiger partial charge in [0, 0.05) is 0 Å². The van der Waals surface area contributed by atoms with E-state index in [2.05, 4.69) is 10.3 Å². The fourth-order valence-electron chi connectivity index (χ4n) is 0.518. The molecule has 0 atom stereocenters. The molecule has 0 unspecified atom stereocenters. The molecule has 1 aromatic rings. The second kappa shape index (κ2) is 2.37. The van der Waals surface area contributed by atoms with E-state index in [1.807, 2.05) is 0 Å². The number of aromatic nitrogens is 3. The van der Waals surface area contributed by atoms with E-state index in [9.17, 15) is 9.59 Å². The van der Waals surface area contributed by atoms with E-state index in [4.69, 9.17) is 10.2 Å². The van der Waals surface area contributed by atoms with Gasteiger partial charge in [0.05, 0.1) is 0 Å². The molecule has 7 nitrogen and oxygen atoms in total. The van der Waals surface area contributed by atoms with Crippen LogP contribution in [-0.2, 0) is 0 Å². The van der Waals surface area contributed by atoms with Crippen molar-refractivity contribution in [1.82, 2.24) is 15.4 Å². The van der Waals surface area contributed by atoms with E-state index in [0.717, 1.165) is 0 Å². The number of carbonyl (C=O) groups is 1. The molecular weight excluding hydrogens is 154 g/mol. The number of rotatable bonds is 1. The van der Waals surface area contributed by atoms with Crippen LogP contribution in [0.5, 0.6) is 5.88 Å². The van der Waals surface area contributed by atoms with Crippen molar-refractivity contribution in [2.24, 2.45) is 0 Å². The van der Waals surface area contributed by atoms with Crippen LogP contribution in [0, 0.1) is 0 Å². The van der Waals surface area contributed by atoms with E-state index >= 15 is 0 Å². The molecule has 0 aliphatic heterocycles. The molecule has 0 spiro atoms. The predicted octanol–water partition coefficient (Wildman–Crippen LogP) is -1.43. The Bertz CT molecular complexity index is 343. The number of aromatic hydroxyl groups is 1. The highest BCUT2D eigenvalue weighted by molar-refractivity contribution is 5.89. The molecule has 0 amide bonds. The monoisotopic (exact) mass is 157 g/mol. The Balaban J connectivity index is 3.45. The number of H-pyrrole nitrogens is 1. The van der Waals surface area contributed by atoms with Gasteiger partial charge in [0.15, 0.2) is 5.56 Å². The van der Waals surface area contributed by atoms with E-state index < -0.39 is 23.0 Å². The van der Waals surface area contributed by atoms with Gasteiger partial charge in [-0.15, -0.1) is 0 Å². The molecule has 0 aromatic carbocycles. The molecule has 7 heteroatoms. The Morgan fingerprint density at radius 1 is 1.55 bits per heavy atom. The lowest BCUT2D eigenvalue weighted by molar-refractivity contribution is 0.0690. The first-order valence-corrected chi connectivity index (χ1v) is 2.50. The Morgan fingerprint density at radius 3 is 2.55 bits per heavy atom. The summed E-state index contributed by atoms with van der Waals surface area (Å²) >= 11 is 0. The molecule has 0 radical (unpaired) electrons. The molecule has 1 rings (SSSR count). The van der Waals surface area contributed by atoms with Crippen molar-refractivity contribution < 1.29 is 15.0 Å². The van der Waals surface area contributed by atoms with Crippen molar-refractivity contribution in [3.05, 3.63) is 15.9 Å². The highest BCUT2D eigenvalue weighted by Gasteiger charge is 2.15. The third-order valence-corrected chi connectivity index (χ3v) is 0.961. The molecule has 0 aliphatic carbocycles. The van der Waals surface area contributed by atoms with Gasteiger partial charge in [-0.05, 0) is 0 Å². The van der Waals surface area contributed by atoms with Crippen molar-refractivity contribution in [2.75, 3.05) is 0 Å². The largest absolute Gasteiger partial charge is 0.491 e. The standard InChI is InChI=1S/C4H3N3O4/c8-2-1(4(10)11)3(9)6-7-5-2/h(H,10,11)(H2,5,6,8,9). The molecule has 0 saturated heterocycles. The molecule has 0 fully saturated rings. The molecule has 1 heterocycles. The van der Waals surface area contributed by atoms with Crippen molar-refractivity contribution in [3.63, 3.8) is 0 Å². The van der Waals surface area contributed by atoms with Crippen molar-refractivity contribution in [1.29, 1.82) is 0 Å². The number of aromatic amines is 1. The smallest absolute Gasteiger partial charge is 0.347 e. The second-order valence-electron chi connectivity index (χ2n) is 1.64. The lowest BCUT2D eigenvalue weighted by Crippen LogP contribution is -2.19. The van der Waals surface area contributed by atoms with Crippen LogP contribution in [0.3, 0.4) is 0 Å². The quantitative estimate of drug-likeness (QED) is 0.460. The van der Waals surface area contributed by atoms with Crippen LogP contribution in [0.4, 0.5) is 0 Å². The zero-order chi connectivity index (χ0) is 8.43. The van der Waals surface area contributed by atoms with E-state index in [0.29, 0.717) is 0 Å². The summed E-state index contributed by atoms with van der Waals surface area (Å²) in [6.45, 7) is 0. The minimum atomic E-state index is -1.54. The number of hydrogen-bond acceptors (Lipinski definition) is 5. The summed E-state index contributed by atoms with van der Waals surface area (Å²) in [5.74, 6) is -2.43. The highest BCUT2D eigenvalue weighted by Crippen LogP contribution is 2.03. The third-order valence-electron chi connectivity index (χ3n) is 0.961. The molecule has 0 aliphatic rings. The molecule has 11 heavy (non-hydrogen) atoms. The van der Waals surface area contributed by atoms with Gasteiger partial charge in [-0.3, -0.25) is 4.79 Å². The van der Waals surface area contributed by atoms with E-state index in [1.54, 1.807) is 5.10 Å². The summed E-state index contributed by atoms with van der Waals surface area (Å²) in [5, 5.41) is 24.6. The first kappa shape index (κ1) is 7.19. The van der Waals surface area contributed by atoms with Gasteiger partial charge in [-0.2, -0.15) is 0 Å². The highest BCUT2D eigenvalue weighted by atomic mass is 16.4. The van der Waals surface area contributed by atoms with Crippen LogP contribution in [0.15, 0.2) is 4.79 Å². The van der Waals surface area contributed by atoms with Crippen LogP contribution in [0.1, 0.15) is 10.4 Å². The minimum Gasteiger partial charge on any atom is -0.491 e. The first-order chi connectivity index (χ1) is 5.13. The summed E-state index contributed by atoms with van der Waals surface area (Å²) in [6.07, 6.45) is 0. The molecule has 1 aromatic heterocycles. The maximum Gasteiger partial charge on any atom is 0.347 e. The van der Waals surface area contributed by atoms with Gasteiger partial charge in [-0.1, -0.05) is 10.3 Å². The summed E-state index contributed by atoms with van der Waals surface area (Å²) in [7, 11) is 0. The Labute approximate surface area is 59.3 Å². The molecular formula is C4H3N3O4. The fraction of sp³-hybridized carbons (Fsp3) is 0. The maximum absolute atomic E-state index is 10.6. The van der Waals surface area contributed by atoms with Gasteiger partial charge in [0.2, 0.25) is 0 Å². The number of carboxylic acid groups (broad SMARTS) is 1. The summed E-state index contributed by atoms with van der Waals surface area (Å²) < 4.78 is 0. The lowest BCUT2D eigenvalue weighted by Gasteiger charge is -1.92. The van der Waals surface area contributed by atoms with Crippen LogP contribution in [0.2, 0.25) is 0 Å². The number of hydrogen-bond donors (Lipinski definition) is 3. The number of carboxylic acids is 1. The van der Waals surface area contributed by atoms with E-state index in [1.165, 1.54) is 0 Å².